The molecule has 2 unspecified atom stereocenters. The van der Waals surface area contributed by atoms with E-state index in [1.54, 1.807) is 0 Å². The monoisotopic (exact) mass is 283 g/mol. The summed E-state index contributed by atoms with van der Waals surface area (Å²) in [5, 5.41) is 4.05. The molecule has 1 heterocycles. The molecule has 0 bridgehead atoms. The summed E-state index contributed by atoms with van der Waals surface area (Å²) < 4.78 is 11.1. The zero-order valence-corrected chi connectivity index (χ0v) is 12.4. The number of nitrogens with one attached hydrogen (secondary N) is 1. The summed E-state index contributed by atoms with van der Waals surface area (Å²) in [5.74, 6) is 1.26. The van der Waals surface area contributed by atoms with Crippen molar-refractivity contribution in [3.05, 3.63) is 28.8 Å². The first-order chi connectivity index (χ1) is 9.20. The van der Waals surface area contributed by atoms with Gasteiger partial charge in [-0.2, -0.15) is 0 Å². The highest BCUT2D eigenvalue weighted by atomic mass is 35.5. The third-order valence-electron chi connectivity index (χ3n) is 3.46. The van der Waals surface area contributed by atoms with E-state index in [1.807, 2.05) is 12.1 Å². The molecule has 1 N–H and O–H groups in total. The maximum absolute atomic E-state index is 6.28. The standard InChI is InChI=1S/C15H22ClNO2/c1-3-17-11(2)13-4-5-15(14(16)8-13)19-10-12-6-7-18-9-12/h4-5,8,11-12,17H,3,6-7,9-10H2,1-2H3. The van der Waals surface area contributed by atoms with Gasteiger partial charge in [0.05, 0.1) is 18.2 Å². The van der Waals surface area contributed by atoms with Crippen molar-refractivity contribution >= 4 is 11.6 Å². The molecule has 0 radical (unpaired) electrons. The van der Waals surface area contributed by atoms with E-state index in [1.165, 1.54) is 5.56 Å². The summed E-state index contributed by atoms with van der Waals surface area (Å²) >= 11 is 6.28. The Bertz CT molecular complexity index is 405. The number of benzene rings is 1. The fourth-order valence-corrected chi connectivity index (χ4v) is 2.49. The summed E-state index contributed by atoms with van der Waals surface area (Å²) in [6.45, 7) is 7.50. The molecule has 0 amide bonds. The van der Waals surface area contributed by atoms with Gasteiger partial charge in [-0.1, -0.05) is 24.6 Å². The van der Waals surface area contributed by atoms with Crippen LogP contribution in [0.1, 0.15) is 31.9 Å². The van der Waals surface area contributed by atoms with E-state index >= 15 is 0 Å². The Morgan fingerprint density at radius 1 is 1.53 bits per heavy atom. The average molecular weight is 284 g/mol. The van der Waals surface area contributed by atoms with E-state index in [2.05, 4.69) is 25.2 Å². The molecule has 106 valence electrons. The van der Waals surface area contributed by atoms with Gasteiger partial charge >= 0.3 is 0 Å². The van der Waals surface area contributed by atoms with Crippen LogP contribution in [-0.2, 0) is 4.74 Å². The molecular weight excluding hydrogens is 262 g/mol. The molecule has 1 fully saturated rings. The maximum Gasteiger partial charge on any atom is 0.137 e. The van der Waals surface area contributed by atoms with Crippen molar-refractivity contribution < 1.29 is 9.47 Å². The van der Waals surface area contributed by atoms with Gasteiger partial charge in [0.1, 0.15) is 5.75 Å². The van der Waals surface area contributed by atoms with Crippen LogP contribution in [-0.4, -0.2) is 26.4 Å². The molecule has 4 heteroatoms. The Balaban J connectivity index is 1.94. The molecule has 1 aliphatic heterocycles. The number of rotatable bonds is 6. The van der Waals surface area contributed by atoms with Crippen LogP contribution < -0.4 is 10.1 Å². The van der Waals surface area contributed by atoms with Crippen molar-refractivity contribution in [2.24, 2.45) is 5.92 Å². The van der Waals surface area contributed by atoms with Gasteiger partial charge < -0.3 is 14.8 Å². The minimum absolute atomic E-state index is 0.305. The fraction of sp³-hybridized carbons (Fsp3) is 0.600. The van der Waals surface area contributed by atoms with Crippen LogP contribution in [0.3, 0.4) is 0 Å². The molecule has 0 aliphatic carbocycles. The smallest absolute Gasteiger partial charge is 0.137 e. The zero-order valence-electron chi connectivity index (χ0n) is 11.6. The van der Waals surface area contributed by atoms with E-state index in [-0.39, 0.29) is 0 Å². The lowest BCUT2D eigenvalue weighted by molar-refractivity contribution is 0.167. The lowest BCUT2D eigenvalue weighted by atomic mass is 10.1. The molecule has 2 rings (SSSR count). The van der Waals surface area contributed by atoms with Crippen LogP contribution >= 0.6 is 11.6 Å². The van der Waals surface area contributed by atoms with E-state index in [9.17, 15) is 0 Å². The first kappa shape index (κ1) is 14.6. The number of hydrogen-bond acceptors (Lipinski definition) is 3. The molecule has 2 atom stereocenters. The van der Waals surface area contributed by atoms with Crippen molar-refractivity contribution in [2.45, 2.75) is 26.3 Å². The second kappa shape index (κ2) is 7.13. The highest BCUT2D eigenvalue weighted by Crippen LogP contribution is 2.28. The molecule has 3 nitrogen and oxygen atoms in total. The van der Waals surface area contributed by atoms with Gasteiger partial charge in [-0.25, -0.2) is 0 Å². The van der Waals surface area contributed by atoms with E-state index in [0.29, 0.717) is 23.6 Å². The predicted octanol–water partition coefficient (Wildman–Crippen LogP) is 3.43. The zero-order chi connectivity index (χ0) is 13.7. The molecule has 1 aromatic rings. The van der Waals surface area contributed by atoms with Crippen molar-refractivity contribution in [2.75, 3.05) is 26.4 Å². The number of ether oxygens (including phenoxy) is 2. The number of hydrogen-bond donors (Lipinski definition) is 1. The molecular formula is C15H22ClNO2. The number of halogens is 1. The normalized spacial score (nSPS) is 20.5. The Hall–Kier alpha value is -0.770. The highest BCUT2D eigenvalue weighted by molar-refractivity contribution is 6.32. The first-order valence-electron chi connectivity index (χ1n) is 6.94. The first-order valence-corrected chi connectivity index (χ1v) is 7.32. The maximum atomic E-state index is 6.28. The van der Waals surface area contributed by atoms with Gasteiger partial charge in [-0.15, -0.1) is 0 Å². The lowest BCUT2D eigenvalue weighted by Crippen LogP contribution is -2.17. The van der Waals surface area contributed by atoms with Crippen molar-refractivity contribution in [3.8, 4) is 5.75 Å². The molecule has 1 aromatic carbocycles. The van der Waals surface area contributed by atoms with Gasteiger partial charge in [0.15, 0.2) is 0 Å². The Kier molecular flexibility index (Phi) is 5.49. The summed E-state index contributed by atoms with van der Waals surface area (Å²) in [4.78, 5) is 0. The third-order valence-corrected chi connectivity index (χ3v) is 3.76. The van der Waals surface area contributed by atoms with E-state index in [0.717, 1.165) is 31.9 Å². The van der Waals surface area contributed by atoms with E-state index < -0.39 is 0 Å². The molecule has 1 aliphatic rings. The minimum Gasteiger partial charge on any atom is -0.492 e. The van der Waals surface area contributed by atoms with Gasteiger partial charge in [0, 0.05) is 18.6 Å². The second-order valence-corrected chi connectivity index (χ2v) is 5.42. The minimum atomic E-state index is 0.305. The molecule has 19 heavy (non-hydrogen) atoms. The summed E-state index contributed by atoms with van der Waals surface area (Å²) in [7, 11) is 0. The van der Waals surface area contributed by atoms with Crippen LogP contribution in [0.5, 0.6) is 5.75 Å². The topological polar surface area (TPSA) is 30.5 Å². The summed E-state index contributed by atoms with van der Waals surface area (Å²) in [6, 6.07) is 6.32. The third kappa shape index (κ3) is 4.10. The molecule has 0 saturated carbocycles. The second-order valence-electron chi connectivity index (χ2n) is 5.01. The lowest BCUT2D eigenvalue weighted by Gasteiger charge is -2.16. The molecule has 1 saturated heterocycles. The van der Waals surface area contributed by atoms with Crippen molar-refractivity contribution in [1.82, 2.24) is 5.32 Å². The van der Waals surface area contributed by atoms with Crippen molar-refractivity contribution in [1.29, 1.82) is 0 Å². The van der Waals surface area contributed by atoms with Crippen LogP contribution in [0.25, 0.3) is 0 Å². The quantitative estimate of drug-likeness (QED) is 0.868. The fourth-order valence-electron chi connectivity index (χ4n) is 2.25. The van der Waals surface area contributed by atoms with Gasteiger partial charge in [-0.05, 0) is 37.6 Å². The van der Waals surface area contributed by atoms with Gasteiger partial charge in [-0.3, -0.25) is 0 Å². The van der Waals surface area contributed by atoms with Gasteiger partial charge in [0.25, 0.3) is 0 Å². The van der Waals surface area contributed by atoms with E-state index in [4.69, 9.17) is 21.1 Å². The highest BCUT2D eigenvalue weighted by Gasteiger charge is 2.17. The van der Waals surface area contributed by atoms with Gasteiger partial charge in [0.2, 0.25) is 0 Å². The van der Waals surface area contributed by atoms with Crippen LogP contribution in [0.4, 0.5) is 0 Å². The summed E-state index contributed by atoms with van der Waals surface area (Å²) in [5.41, 5.74) is 1.18. The van der Waals surface area contributed by atoms with Crippen molar-refractivity contribution in [3.63, 3.8) is 0 Å². The molecule has 0 aromatic heterocycles. The average Bonchev–Trinajstić information content (AvgIpc) is 2.90. The Labute approximate surface area is 120 Å². The summed E-state index contributed by atoms with van der Waals surface area (Å²) in [6.07, 6.45) is 1.08. The largest absolute Gasteiger partial charge is 0.492 e. The Morgan fingerprint density at radius 3 is 3.00 bits per heavy atom. The SMILES string of the molecule is CCNC(C)c1ccc(OCC2CCOC2)c(Cl)c1. The predicted molar refractivity (Wildman–Crippen MR) is 78.0 cm³/mol. The van der Waals surface area contributed by atoms with Crippen LogP contribution in [0.2, 0.25) is 5.02 Å². The Morgan fingerprint density at radius 2 is 2.37 bits per heavy atom. The van der Waals surface area contributed by atoms with Crippen LogP contribution in [0, 0.1) is 5.92 Å². The molecule has 0 spiro atoms. The van der Waals surface area contributed by atoms with Crippen LogP contribution in [0.15, 0.2) is 18.2 Å².